The van der Waals surface area contributed by atoms with E-state index in [0.29, 0.717) is 11.6 Å². The summed E-state index contributed by atoms with van der Waals surface area (Å²) < 4.78 is 37.8. The summed E-state index contributed by atoms with van der Waals surface area (Å²) in [5.41, 5.74) is 0.562. The molecular weight excluding hydrogens is 453 g/mol. The minimum absolute atomic E-state index is 0.0515. The number of halogens is 4. The number of ether oxygens (including phenoxy) is 2. The number of benzene rings is 2. The van der Waals surface area contributed by atoms with E-state index in [0.717, 1.165) is 17.0 Å². The van der Waals surface area contributed by atoms with Crippen LogP contribution in [0.25, 0.3) is 0 Å². The first-order chi connectivity index (χ1) is 14.7. The normalized spacial score (nSPS) is 16.3. The van der Waals surface area contributed by atoms with Crippen molar-refractivity contribution < 1.29 is 27.8 Å². The van der Waals surface area contributed by atoms with Crippen LogP contribution in [0.4, 0.5) is 13.6 Å². The highest BCUT2D eigenvalue weighted by atomic mass is 35.5. The number of likely N-dealkylation sites (N-methyl/N-ethyl adjacent to an activating group) is 1. The molecule has 3 rings (SSSR count). The number of esters is 1. The second-order valence-corrected chi connectivity index (χ2v) is 7.31. The molecule has 0 saturated heterocycles. The first kappa shape index (κ1) is 22.8. The molecule has 0 aromatic heterocycles. The number of nitrogens with zero attached hydrogens (tertiary/aromatic N) is 1. The molecule has 1 N–H and O–H groups in total. The molecule has 0 fully saturated rings. The van der Waals surface area contributed by atoms with Crippen LogP contribution in [-0.4, -0.2) is 37.2 Å². The van der Waals surface area contributed by atoms with Crippen LogP contribution >= 0.6 is 23.2 Å². The number of nitrogens with one attached hydrogen (secondary N) is 1. The molecule has 31 heavy (non-hydrogen) atoms. The van der Waals surface area contributed by atoms with Crippen molar-refractivity contribution in [2.45, 2.75) is 13.0 Å². The van der Waals surface area contributed by atoms with Gasteiger partial charge in [0.1, 0.15) is 12.4 Å². The Kier molecular flexibility index (Phi) is 7.02. The van der Waals surface area contributed by atoms with Gasteiger partial charge in [0.15, 0.2) is 11.6 Å². The Bertz CT molecular complexity index is 1060. The zero-order chi connectivity index (χ0) is 22.7. The number of hydrogen-bond donors (Lipinski definition) is 1. The number of rotatable bonds is 6. The Morgan fingerprint density at radius 2 is 1.97 bits per heavy atom. The van der Waals surface area contributed by atoms with Gasteiger partial charge in [-0.1, -0.05) is 35.3 Å². The van der Waals surface area contributed by atoms with E-state index in [-0.39, 0.29) is 40.3 Å². The van der Waals surface area contributed by atoms with Crippen LogP contribution in [0.5, 0.6) is 5.75 Å². The highest BCUT2D eigenvalue weighted by Crippen LogP contribution is 2.37. The third-order valence-electron chi connectivity index (χ3n) is 4.62. The Morgan fingerprint density at radius 3 is 2.65 bits per heavy atom. The predicted molar refractivity (Wildman–Crippen MR) is 111 cm³/mol. The van der Waals surface area contributed by atoms with Crippen molar-refractivity contribution in [2.24, 2.45) is 0 Å². The summed E-state index contributed by atoms with van der Waals surface area (Å²) in [7, 11) is 1.42. The molecule has 0 bridgehead atoms. The van der Waals surface area contributed by atoms with Crippen molar-refractivity contribution in [3.63, 3.8) is 0 Å². The molecule has 2 aromatic rings. The van der Waals surface area contributed by atoms with Crippen LogP contribution in [0.2, 0.25) is 10.0 Å². The summed E-state index contributed by atoms with van der Waals surface area (Å²) in [6, 6.07) is 6.09. The van der Waals surface area contributed by atoms with Crippen LogP contribution < -0.4 is 10.1 Å². The number of carbonyl (C=O) groups excluding carboxylic acids is 2. The van der Waals surface area contributed by atoms with E-state index in [1.54, 1.807) is 25.1 Å². The monoisotopic (exact) mass is 470 g/mol. The van der Waals surface area contributed by atoms with Crippen LogP contribution in [0.15, 0.2) is 47.7 Å². The van der Waals surface area contributed by atoms with Crippen LogP contribution in [-0.2, 0) is 9.53 Å². The fraction of sp³-hybridized carbons (Fsp3) is 0.238. The number of hydrogen-bond acceptors (Lipinski definition) is 4. The average molecular weight is 471 g/mol. The minimum Gasteiger partial charge on any atom is -0.484 e. The molecule has 0 saturated carbocycles. The first-order valence-electron chi connectivity index (χ1n) is 9.20. The standard InChI is InChI=1S/C21H18Cl2F2N2O4/c1-3-30-20(28)17-15(10-31-16-8-7-11(24)9-14(16)25)27(2)21(29)26-19(17)12-5-4-6-13(22)18(12)23/h4-9,19H,3,10H2,1-2H3,(H,26,29). The summed E-state index contributed by atoms with van der Waals surface area (Å²) in [6.07, 6.45) is 0. The molecule has 1 heterocycles. The van der Waals surface area contributed by atoms with Crippen molar-refractivity contribution in [3.05, 3.63) is 74.9 Å². The van der Waals surface area contributed by atoms with E-state index >= 15 is 0 Å². The van der Waals surface area contributed by atoms with E-state index < -0.39 is 29.7 Å². The topological polar surface area (TPSA) is 67.9 Å². The van der Waals surface area contributed by atoms with Gasteiger partial charge in [0, 0.05) is 13.1 Å². The molecular formula is C21H18Cl2F2N2O4. The zero-order valence-electron chi connectivity index (χ0n) is 16.5. The third kappa shape index (κ3) is 4.75. The van der Waals surface area contributed by atoms with E-state index in [4.69, 9.17) is 32.7 Å². The van der Waals surface area contributed by atoms with Gasteiger partial charge >= 0.3 is 12.0 Å². The fourth-order valence-corrected chi connectivity index (χ4v) is 3.51. The van der Waals surface area contributed by atoms with Gasteiger partial charge in [-0.15, -0.1) is 0 Å². The maximum absolute atomic E-state index is 14.0. The molecule has 1 aliphatic rings. The van der Waals surface area contributed by atoms with Crippen LogP contribution in [0.1, 0.15) is 18.5 Å². The molecule has 10 heteroatoms. The van der Waals surface area contributed by atoms with Crippen molar-refractivity contribution in [1.82, 2.24) is 10.2 Å². The summed E-state index contributed by atoms with van der Waals surface area (Å²) >= 11 is 12.4. The van der Waals surface area contributed by atoms with E-state index in [1.807, 2.05) is 0 Å². The fourth-order valence-electron chi connectivity index (χ4n) is 3.10. The summed E-state index contributed by atoms with van der Waals surface area (Å²) in [5, 5.41) is 3.09. The average Bonchev–Trinajstić information content (AvgIpc) is 2.72. The van der Waals surface area contributed by atoms with Crippen molar-refractivity contribution in [1.29, 1.82) is 0 Å². The lowest BCUT2D eigenvalue weighted by Gasteiger charge is -2.34. The van der Waals surface area contributed by atoms with Gasteiger partial charge in [-0.3, -0.25) is 4.90 Å². The van der Waals surface area contributed by atoms with Gasteiger partial charge in [0.05, 0.1) is 34.0 Å². The SMILES string of the molecule is CCOC(=O)C1=C(COc2ccc(F)cc2F)N(C)C(=O)NC1c1cccc(Cl)c1Cl. The summed E-state index contributed by atoms with van der Waals surface area (Å²) in [4.78, 5) is 26.6. The maximum atomic E-state index is 14.0. The van der Waals surface area contributed by atoms with Crippen LogP contribution in [0.3, 0.4) is 0 Å². The third-order valence-corrected chi connectivity index (χ3v) is 5.46. The second kappa shape index (κ2) is 9.53. The first-order valence-corrected chi connectivity index (χ1v) is 9.96. The van der Waals surface area contributed by atoms with E-state index in [2.05, 4.69) is 5.32 Å². The molecule has 0 spiro atoms. The number of amides is 2. The lowest BCUT2D eigenvalue weighted by molar-refractivity contribution is -0.139. The van der Waals surface area contributed by atoms with Gasteiger partial charge in [-0.2, -0.15) is 0 Å². The quantitative estimate of drug-likeness (QED) is 0.611. The Morgan fingerprint density at radius 1 is 1.23 bits per heavy atom. The summed E-state index contributed by atoms with van der Waals surface area (Å²) in [5.74, 6) is -2.64. The molecule has 164 valence electrons. The highest BCUT2D eigenvalue weighted by Gasteiger charge is 2.38. The van der Waals surface area contributed by atoms with Gasteiger partial charge in [-0.25, -0.2) is 18.4 Å². The molecule has 1 atom stereocenters. The largest absolute Gasteiger partial charge is 0.484 e. The lowest BCUT2D eigenvalue weighted by Crippen LogP contribution is -2.48. The highest BCUT2D eigenvalue weighted by molar-refractivity contribution is 6.42. The second-order valence-electron chi connectivity index (χ2n) is 6.53. The Balaban J connectivity index is 2.08. The zero-order valence-corrected chi connectivity index (χ0v) is 18.1. The van der Waals surface area contributed by atoms with E-state index in [1.165, 1.54) is 7.05 Å². The Hall–Kier alpha value is -2.84. The molecule has 0 radical (unpaired) electrons. The maximum Gasteiger partial charge on any atom is 0.338 e. The molecule has 6 nitrogen and oxygen atoms in total. The minimum atomic E-state index is -0.981. The van der Waals surface area contributed by atoms with Crippen molar-refractivity contribution >= 4 is 35.2 Å². The van der Waals surface area contributed by atoms with Crippen LogP contribution in [0, 0.1) is 11.6 Å². The molecule has 1 aliphatic heterocycles. The molecule has 0 aliphatic carbocycles. The molecule has 2 aromatic carbocycles. The van der Waals surface area contributed by atoms with Crippen molar-refractivity contribution in [2.75, 3.05) is 20.3 Å². The smallest absolute Gasteiger partial charge is 0.338 e. The Labute approximate surface area is 187 Å². The van der Waals surface area contributed by atoms with Crippen molar-refractivity contribution in [3.8, 4) is 5.75 Å². The lowest BCUT2D eigenvalue weighted by atomic mass is 9.94. The molecule has 2 amide bonds. The molecule has 1 unspecified atom stereocenters. The number of carbonyl (C=O) groups is 2. The number of urea groups is 1. The predicted octanol–water partition coefficient (Wildman–Crippen LogP) is 4.86. The summed E-state index contributed by atoms with van der Waals surface area (Å²) in [6.45, 7) is 1.35. The van der Waals surface area contributed by atoms with Gasteiger partial charge in [-0.05, 0) is 30.7 Å². The van der Waals surface area contributed by atoms with Gasteiger partial charge < -0.3 is 14.8 Å². The van der Waals surface area contributed by atoms with E-state index in [9.17, 15) is 18.4 Å². The van der Waals surface area contributed by atoms with Gasteiger partial charge in [0.25, 0.3) is 0 Å². The van der Waals surface area contributed by atoms with Gasteiger partial charge in [0.2, 0.25) is 0 Å².